The second-order valence-electron chi connectivity index (χ2n) is 3.14. The number of hydrogen-bond acceptors (Lipinski definition) is 2. The second-order valence-corrected chi connectivity index (χ2v) is 3.76. The number of aromatic nitrogens is 2. The summed E-state index contributed by atoms with van der Waals surface area (Å²) in [7, 11) is 1.95. The first kappa shape index (κ1) is 9.76. The number of alkyl halides is 1. The Morgan fingerprint density at radius 1 is 1.50 bits per heavy atom. The Kier molecular flexibility index (Phi) is 2.62. The largest absolute Gasteiger partial charge is 0.483 e. The van der Waals surface area contributed by atoms with Crippen LogP contribution in [0.25, 0.3) is 10.9 Å². The van der Waals surface area contributed by atoms with Crippen molar-refractivity contribution < 1.29 is 4.74 Å². The number of aryl methyl sites for hydroxylation is 2. The van der Waals surface area contributed by atoms with E-state index in [1.165, 1.54) is 0 Å². The smallest absolute Gasteiger partial charge is 0.139 e. The summed E-state index contributed by atoms with van der Waals surface area (Å²) in [6, 6.07) is 6.05. The van der Waals surface area contributed by atoms with Crippen molar-refractivity contribution in [1.29, 1.82) is 0 Å². The fourth-order valence-electron chi connectivity index (χ4n) is 1.57. The third kappa shape index (κ3) is 1.58. The molecule has 0 amide bonds. The maximum atomic E-state index is 5.43. The third-order valence-electron chi connectivity index (χ3n) is 2.23. The van der Waals surface area contributed by atoms with Crippen LogP contribution in [-0.2, 0) is 7.05 Å². The van der Waals surface area contributed by atoms with Gasteiger partial charge in [-0.1, -0.05) is 0 Å². The molecule has 0 N–H and O–H groups in total. The van der Waals surface area contributed by atoms with Gasteiger partial charge in [-0.15, -0.1) is 0 Å². The molecule has 1 aromatic carbocycles. The van der Waals surface area contributed by atoms with Crippen LogP contribution in [0.3, 0.4) is 0 Å². The maximum Gasteiger partial charge on any atom is 0.139 e. The van der Waals surface area contributed by atoms with Gasteiger partial charge in [0.05, 0.1) is 11.2 Å². The topological polar surface area (TPSA) is 27.1 Å². The molecule has 74 valence electrons. The minimum Gasteiger partial charge on any atom is -0.483 e. The Hall–Kier alpha value is -0.780. The Bertz CT molecular complexity index is 464. The Morgan fingerprint density at radius 2 is 2.29 bits per heavy atom. The van der Waals surface area contributed by atoms with Gasteiger partial charge in [-0.2, -0.15) is 5.10 Å². The van der Waals surface area contributed by atoms with Gasteiger partial charge >= 0.3 is 0 Å². The fourth-order valence-corrected chi connectivity index (χ4v) is 1.93. The van der Waals surface area contributed by atoms with Crippen LogP contribution in [0.15, 0.2) is 18.2 Å². The molecule has 0 spiro atoms. The molecule has 2 aromatic rings. The quantitative estimate of drug-likeness (QED) is 0.630. The standard InChI is InChI=1S/C10H11IN2O/c1-7-9-5-8(14-6-11)3-4-10(9)13(2)12-7/h3-5H,6H2,1-2H3. The molecule has 0 radical (unpaired) electrons. The predicted octanol–water partition coefficient (Wildman–Crippen LogP) is 2.65. The maximum absolute atomic E-state index is 5.43. The number of rotatable bonds is 2. The van der Waals surface area contributed by atoms with E-state index in [0.717, 1.165) is 22.3 Å². The third-order valence-corrected chi connectivity index (χ3v) is 2.54. The molecular weight excluding hydrogens is 291 g/mol. The fraction of sp³-hybridized carbons (Fsp3) is 0.300. The van der Waals surface area contributed by atoms with Crippen LogP contribution in [0.5, 0.6) is 5.75 Å². The molecule has 0 saturated carbocycles. The number of nitrogens with zero attached hydrogens (tertiary/aromatic N) is 2. The van der Waals surface area contributed by atoms with Crippen LogP contribution in [0.2, 0.25) is 0 Å². The summed E-state index contributed by atoms with van der Waals surface area (Å²) < 4.78 is 7.98. The predicted molar refractivity (Wildman–Crippen MR) is 65.0 cm³/mol. The molecule has 0 unspecified atom stereocenters. The van der Waals surface area contributed by atoms with Crippen molar-refractivity contribution >= 4 is 33.5 Å². The van der Waals surface area contributed by atoms with E-state index in [2.05, 4.69) is 27.7 Å². The van der Waals surface area contributed by atoms with E-state index in [-0.39, 0.29) is 0 Å². The highest BCUT2D eigenvalue weighted by Gasteiger charge is 2.05. The van der Waals surface area contributed by atoms with Crippen LogP contribution in [-0.4, -0.2) is 14.4 Å². The van der Waals surface area contributed by atoms with E-state index < -0.39 is 0 Å². The summed E-state index contributed by atoms with van der Waals surface area (Å²) in [5.41, 5.74) is 2.18. The van der Waals surface area contributed by atoms with E-state index in [1.807, 2.05) is 36.9 Å². The monoisotopic (exact) mass is 302 g/mol. The van der Waals surface area contributed by atoms with Gasteiger partial charge in [0.25, 0.3) is 0 Å². The zero-order chi connectivity index (χ0) is 10.1. The summed E-state index contributed by atoms with van der Waals surface area (Å²) in [6.07, 6.45) is 0. The molecular formula is C10H11IN2O. The second kappa shape index (κ2) is 3.76. The molecule has 4 heteroatoms. The van der Waals surface area contributed by atoms with E-state index in [1.54, 1.807) is 0 Å². The normalized spacial score (nSPS) is 10.8. The van der Waals surface area contributed by atoms with Gasteiger partial charge in [0.1, 0.15) is 10.4 Å². The number of halogens is 1. The van der Waals surface area contributed by atoms with Crippen LogP contribution in [0, 0.1) is 6.92 Å². The number of hydrogen-bond donors (Lipinski definition) is 0. The molecule has 0 aliphatic heterocycles. The van der Waals surface area contributed by atoms with E-state index >= 15 is 0 Å². The van der Waals surface area contributed by atoms with Crippen LogP contribution in [0.1, 0.15) is 5.69 Å². The molecule has 14 heavy (non-hydrogen) atoms. The zero-order valence-electron chi connectivity index (χ0n) is 8.12. The Morgan fingerprint density at radius 3 is 3.00 bits per heavy atom. The number of fused-ring (bicyclic) bond motifs is 1. The molecule has 0 bridgehead atoms. The van der Waals surface area contributed by atoms with Gasteiger partial charge in [-0.3, -0.25) is 4.68 Å². The van der Waals surface area contributed by atoms with Gasteiger partial charge < -0.3 is 4.74 Å². The minimum atomic E-state index is 0.669. The van der Waals surface area contributed by atoms with Gasteiger partial charge in [0, 0.05) is 12.4 Å². The molecule has 0 aliphatic carbocycles. The van der Waals surface area contributed by atoms with Crippen molar-refractivity contribution in [3.8, 4) is 5.75 Å². The van der Waals surface area contributed by atoms with Gasteiger partial charge in [0.15, 0.2) is 0 Å². The highest BCUT2D eigenvalue weighted by Crippen LogP contribution is 2.23. The lowest BCUT2D eigenvalue weighted by Gasteiger charge is -2.01. The molecule has 0 atom stereocenters. The van der Waals surface area contributed by atoms with Crippen molar-refractivity contribution in [3.63, 3.8) is 0 Å². The summed E-state index contributed by atoms with van der Waals surface area (Å²) in [5.74, 6) is 0.906. The molecule has 0 saturated heterocycles. The van der Waals surface area contributed by atoms with Gasteiger partial charge in [0.2, 0.25) is 0 Å². The molecule has 2 rings (SSSR count). The summed E-state index contributed by atoms with van der Waals surface area (Å²) in [6.45, 7) is 2.01. The van der Waals surface area contributed by atoms with Gasteiger partial charge in [-0.05, 0) is 47.7 Å². The number of benzene rings is 1. The van der Waals surface area contributed by atoms with Crippen LogP contribution in [0.4, 0.5) is 0 Å². The van der Waals surface area contributed by atoms with Crippen molar-refractivity contribution in [1.82, 2.24) is 9.78 Å². The molecule has 0 aliphatic rings. The summed E-state index contributed by atoms with van der Waals surface area (Å²) in [5, 5.41) is 5.51. The minimum absolute atomic E-state index is 0.669. The molecule has 0 fully saturated rings. The van der Waals surface area contributed by atoms with E-state index in [0.29, 0.717) is 4.61 Å². The van der Waals surface area contributed by atoms with Crippen LogP contribution >= 0.6 is 22.6 Å². The lowest BCUT2D eigenvalue weighted by molar-refractivity contribution is 0.405. The Labute approximate surface area is 96.2 Å². The SMILES string of the molecule is Cc1nn(C)c2ccc(OCI)cc12. The zero-order valence-corrected chi connectivity index (χ0v) is 10.3. The lowest BCUT2D eigenvalue weighted by atomic mass is 10.2. The highest BCUT2D eigenvalue weighted by molar-refractivity contribution is 14.1. The van der Waals surface area contributed by atoms with Crippen LogP contribution < -0.4 is 4.74 Å². The molecule has 1 aromatic heterocycles. The first-order valence-electron chi connectivity index (χ1n) is 4.34. The summed E-state index contributed by atoms with van der Waals surface area (Å²) in [4.78, 5) is 0. The first-order chi connectivity index (χ1) is 6.72. The van der Waals surface area contributed by atoms with Crippen molar-refractivity contribution in [3.05, 3.63) is 23.9 Å². The average Bonchev–Trinajstić information content (AvgIpc) is 2.43. The number of ether oxygens (including phenoxy) is 1. The molecule has 3 nitrogen and oxygen atoms in total. The highest BCUT2D eigenvalue weighted by atomic mass is 127. The molecule has 1 heterocycles. The van der Waals surface area contributed by atoms with Crippen molar-refractivity contribution in [2.75, 3.05) is 4.61 Å². The average molecular weight is 302 g/mol. The summed E-state index contributed by atoms with van der Waals surface area (Å²) >= 11 is 2.19. The van der Waals surface area contributed by atoms with E-state index in [9.17, 15) is 0 Å². The van der Waals surface area contributed by atoms with Crippen molar-refractivity contribution in [2.24, 2.45) is 7.05 Å². The first-order valence-corrected chi connectivity index (χ1v) is 5.87. The Balaban J connectivity index is 2.59. The van der Waals surface area contributed by atoms with Crippen molar-refractivity contribution in [2.45, 2.75) is 6.92 Å². The van der Waals surface area contributed by atoms with E-state index in [4.69, 9.17) is 4.74 Å². The van der Waals surface area contributed by atoms with Gasteiger partial charge in [-0.25, -0.2) is 0 Å². The lowest BCUT2D eigenvalue weighted by Crippen LogP contribution is -1.90.